The average Bonchev–Trinajstić information content (AvgIpc) is 3.05. The lowest BCUT2D eigenvalue weighted by Crippen LogP contribution is -2.29. The van der Waals surface area contributed by atoms with Crippen molar-refractivity contribution in [2.75, 3.05) is 13.2 Å². The Labute approximate surface area is 181 Å². The summed E-state index contributed by atoms with van der Waals surface area (Å²) in [7, 11) is 0. The highest BCUT2D eigenvalue weighted by atomic mass is 32.2. The third-order valence-corrected chi connectivity index (χ3v) is 5.83. The molecular weight excluding hydrogens is 392 g/mol. The van der Waals surface area contributed by atoms with Crippen LogP contribution in [-0.4, -0.2) is 29.1 Å². The minimum Gasteiger partial charge on any atom is -0.493 e. The number of amides is 1. The van der Waals surface area contributed by atoms with Crippen molar-refractivity contribution in [1.29, 1.82) is 0 Å². The predicted molar refractivity (Wildman–Crippen MR) is 126 cm³/mol. The van der Waals surface area contributed by atoms with Gasteiger partial charge >= 0.3 is 0 Å². The van der Waals surface area contributed by atoms with Crippen LogP contribution in [0, 0.1) is 0 Å². The summed E-state index contributed by atoms with van der Waals surface area (Å²) in [5, 5.41) is 2.91. The lowest BCUT2D eigenvalue weighted by atomic mass is 10.0. The summed E-state index contributed by atoms with van der Waals surface area (Å²) in [6.07, 6.45) is 2.82. The van der Waals surface area contributed by atoms with E-state index in [9.17, 15) is 4.79 Å². The number of carbonyl (C=O) groups excluding carboxylic acids is 1. The van der Waals surface area contributed by atoms with Crippen LogP contribution < -0.4 is 4.74 Å². The van der Waals surface area contributed by atoms with Crippen molar-refractivity contribution in [2.45, 2.75) is 20.3 Å². The molecule has 1 fully saturated rings. The van der Waals surface area contributed by atoms with E-state index in [0.717, 1.165) is 39.4 Å². The van der Waals surface area contributed by atoms with Crippen molar-refractivity contribution in [3.63, 3.8) is 0 Å². The molecule has 0 aliphatic carbocycles. The van der Waals surface area contributed by atoms with Crippen molar-refractivity contribution in [3.05, 3.63) is 77.2 Å². The number of amidine groups is 1. The molecule has 0 unspecified atom stereocenters. The summed E-state index contributed by atoms with van der Waals surface area (Å²) in [4.78, 5) is 20.4. The average molecular weight is 417 g/mol. The molecule has 0 saturated carbocycles. The summed E-state index contributed by atoms with van der Waals surface area (Å²) >= 11 is 1.42. The first-order chi connectivity index (χ1) is 14.7. The SMILES string of the molecule is CCCN1C(=O)/C(=C\c2c(OCC)ccc3ccccc23)SC1=Nc1ccccc1. The highest BCUT2D eigenvalue weighted by Crippen LogP contribution is 2.37. The van der Waals surface area contributed by atoms with Gasteiger partial charge in [0.15, 0.2) is 5.17 Å². The van der Waals surface area contributed by atoms with Crippen LogP contribution in [0.4, 0.5) is 5.69 Å². The lowest BCUT2D eigenvalue weighted by molar-refractivity contribution is -0.122. The van der Waals surface area contributed by atoms with Crippen LogP contribution in [0.25, 0.3) is 16.8 Å². The number of rotatable bonds is 6. The van der Waals surface area contributed by atoms with Crippen molar-refractivity contribution in [2.24, 2.45) is 4.99 Å². The van der Waals surface area contributed by atoms with Crippen LogP contribution in [0.5, 0.6) is 5.75 Å². The standard InChI is InChI=1S/C25H24N2O2S/c1-3-16-27-24(28)23(30-25(27)26-19-11-6-5-7-12-19)17-21-20-13-9-8-10-18(20)14-15-22(21)29-4-2/h5-15,17H,3-4,16H2,1-2H3/b23-17+,26-25?. The van der Waals surface area contributed by atoms with Crippen molar-refractivity contribution in [1.82, 2.24) is 4.90 Å². The monoisotopic (exact) mass is 416 g/mol. The Morgan fingerprint density at radius 3 is 2.53 bits per heavy atom. The molecule has 1 amide bonds. The molecule has 0 bridgehead atoms. The first-order valence-electron chi connectivity index (χ1n) is 10.2. The van der Waals surface area contributed by atoms with Crippen LogP contribution >= 0.6 is 11.8 Å². The third-order valence-electron chi connectivity index (χ3n) is 4.82. The van der Waals surface area contributed by atoms with Crippen LogP contribution in [0.3, 0.4) is 0 Å². The van der Waals surface area contributed by atoms with Gasteiger partial charge in [-0.2, -0.15) is 0 Å². The van der Waals surface area contributed by atoms with E-state index in [4.69, 9.17) is 9.73 Å². The Morgan fingerprint density at radius 2 is 1.77 bits per heavy atom. The molecule has 1 aliphatic heterocycles. The van der Waals surface area contributed by atoms with Gasteiger partial charge in [0.1, 0.15) is 5.75 Å². The quantitative estimate of drug-likeness (QED) is 0.446. The topological polar surface area (TPSA) is 41.9 Å². The second-order valence-corrected chi connectivity index (χ2v) is 7.94. The number of carbonyl (C=O) groups is 1. The number of aliphatic imine (C=N–C) groups is 1. The molecule has 3 aromatic rings. The molecule has 152 valence electrons. The molecule has 4 nitrogen and oxygen atoms in total. The van der Waals surface area contributed by atoms with Gasteiger partial charge in [0.2, 0.25) is 0 Å². The van der Waals surface area contributed by atoms with E-state index in [-0.39, 0.29) is 5.91 Å². The summed E-state index contributed by atoms with van der Waals surface area (Å²) in [6.45, 7) is 5.24. The minimum atomic E-state index is -0.00749. The fourth-order valence-corrected chi connectivity index (χ4v) is 4.47. The maximum Gasteiger partial charge on any atom is 0.266 e. The fourth-order valence-electron chi connectivity index (χ4n) is 3.46. The van der Waals surface area contributed by atoms with Gasteiger partial charge in [-0.05, 0) is 60.2 Å². The van der Waals surface area contributed by atoms with Crippen molar-refractivity contribution in [3.8, 4) is 5.75 Å². The number of nitrogens with zero attached hydrogens (tertiary/aromatic N) is 2. The molecule has 3 aromatic carbocycles. The zero-order valence-corrected chi connectivity index (χ0v) is 18.0. The molecule has 4 rings (SSSR count). The summed E-state index contributed by atoms with van der Waals surface area (Å²) in [5.41, 5.74) is 1.78. The van der Waals surface area contributed by atoms with Gasteiger partial charge in [0.25, 0.3) is 5.91 Å². The lowest BCUT2D eigenvalue weighted by Gasteiger charge is -2.14. The largest absolute Gasteiger partial charge is 0.493 e. The number of fused-ring (bicyclic) bond motifs is 1. The zero-order valence-electron chi connectivity index (χ0n) is 17.2. The number of hydrogen-bond donors (Lipinski definition) is 0. The first-order valence-corrected chi connectivity index (χ1v) is 11.0. The molecule has 0 atom stereocenters. The van der Waals surface area contributed by atoms with Crippen LogP contribution in [0.15, 0.2) is 76.6 Å². The molecule has 0 radical (unpaired) electrons. The number of ether oxygens (including phenoxy) is 1. The molecule has 1 aliphatic rings. The molecule has 0 N–H and O–H groups in total. The van der Waals surface area contributed by atoms with Gasteiger partial charge in [-0.1, -0.05) is 55.5 Å². The van der Waals surface area contributed by atoms with Crippen LogP contribution in [0.1, 0.15) is 25.8 Å². The second-order valence-electron chi connectivity index (χ2n) is 6.93. The highest BCUT2D eigenvalue weighted by molar-refractivity contribution is 8.18. The van der Waals surface area contributed by atoms with E-state index in [1.165, 1.54) is 11.8 Å². The maximum atomic E-state index is 13.2. The Kier molecular flexibility index (Phi) is 6.19. The second kappa shape index (κ2) is 9.18. The van der Waals surface area contributed by atoms with Gasteiger partial charge in [-0.3, -0.25) is 9.69 Å². The van der Waals surface area contributed by atoms with E-state index in [1.54, 1.807) is 4.90 Å². The third kappa shape index (κ3) is 4.12. The maximum absolute atomic E-state index is 13.2. The molecule has 0 spiro atoms. The molecule has 5 heteroatoms. The van der Waals surface area contributed by atoms with E-state index in [1.807, 2.05) is 61.5 Å². The fraction of sp³-hybridized carbons (Fsp3) is 0.200. The Balaban J connectivity index is 1.80. The van der Waals surface area contributed by atoms with E-state index < -0.39 is 0 Å². The number of para-hydroxylation sites is 1. The van der Waals surface area contributed by atoms with Gasteiger partial charge in [-0.15, -0.1) is 0 Å². The van der Waals surface area contributed by atoms with Crippen LogP contribution in [-0.2, 0) is 4.79 Å². The van der Waals surface area contributed by atoms with E-state index >= 15 is 0 Å². The van der Waals surface area contributed by atoms with Gasteiger partial charge in [-0.25, -0.2) is 4.99 Å². The molecule has 1 saturated heterocycles. The van der Waals surface area contributed by atoms with Gasteiger partial charge in [0, 0.05) is 12.1 Å². The molecule has 1 heterocycles. The Hall–Kier alpha value is -3.05. The van der Waals surface area contributed by atoms with Gasteiger partial charge < -0.3 is 4.74 Å². The summed E-state index contributed by atoms with van der Waals surface area (Å²) in [5.74, 6) is 0.777. The number of hydrogen-bond acceptors (Lipinski definition) is 4. The van der Waals surface area contributed by atoms with Crippen molar-refractivity contribution < 1.29 is 9.53 Å². The van der Waals surface area contributed by atoms with E-state index in [2.05, 4.69) is 25.1 Å². The van der Waals surface area contributed by atoms with Gasteiger partial charge in [0.05, 0.1) is 17.2 Å². The highest BCUT2D eigenvalue weighted by Gasteiger charge is 2.33. The van der Waals surface area contributed by atoms with Crippen molar-refractivity contribution >= 4 is 45.4 Å². The smallest absolute Gasteiger partial charge is 0.266 e. The number of thioether (sulfide) groups is 1. The molecule has 0 aromatic heterocycles. The number of benzene rings is 3. The molecular formula is C25H24N2O2S. The zero-order chi connectivity index (χ0) is 20.9. The molecule has 30 heavy (non-hydrogen) atoms. The summed E-state index contributed by atoms with van der Waals surface area (Å²) in [6, 6.07) is 21.9. The predicted octanol–water partition coefficient (Wildman–Crippen LogP) is 6.25. The first kappa shape index (κ1) is 20.2. The Morgan fingerprint density at radius 1 is 1.00 bits per heavy atom. The Bertz CT molecular complexity index is 1120. The summed E-state index contributed by atoms with van der Waals surface area (Å²) < 4.78 is 5.88. The van der Waals surface area contributed by atoms with E-state index in [0.29, 0.717) is 18.1 Å². The van der Waals surface area contributed by atoms with Crippen LogP contribution in [0.2, 0.25) is 0 Å². The normalized spacial score (nSPS) is 16.7. The minimum absolute atomic E-state index is 0.00749.